The van der Waals surface area contributed by atoms with Crippen LogP contribution in [-0.4, -0.2) is 25.3 Å². The summed E-state index contributed by atoms with van der Waals surface area (Å²) in [6, 6.07) is 13.1. The van der Waals surface area contributed by atoms with Crippen molar-refractivity contribution in [2.75, 3.05) is 18.7 Å². The van der Waals surface area contributed by atoms with E-state index >= 15 is 0 Å². The molecular formula is C20H23ClN2O4. The Bertz CT molecular complexity index is 793. The summed E-state index contributed by atoms with van der Waals surface area (Å²) in [7, 11) is 0. The average molecular weight is 391 g/mol. The lowest BCUT2D eigenvalue weighted by Crippen LogP contribution is -2.43. The van der Waals surface area contributed by atoms with Crippen molar-refractivity contribution in [1.29, 1.82) is 0 Å². The minimum atomic E-state index is -0.0997. The Morgan fingerprint density at radius 2 is 2.04 bits per heavy atom. The molecule has 6 nitrogen and oxygen atoms in total. The van der Waals surface area contributed by atoms with Gasteiger partial charge >= 0.3 is 0 Å². The second-order valence-corrected chi connectivity index (χ2v) is 6.50. The van der Waals surface area contributed by atoms with Crippen LogP contribution in [0.25, 0.3) is 0 Å². The van der Waals surface area contributed by atoms with Crippen molar-refractivity contribution < 1.29 is 19.0 Å². The zero-order valence-electron chi connectivity index (χ0n) is 14.9. The van der Waals surface area contributed by atoms with E-state index in [0.717, 1.165) is 48.6 Å². The Hall–Kier alpha value is -2.44. The Labute approximate surface area is 164 Å². The van der Waals surface area contributed by atoms with Crippen LogP contribution >= 0.6 is 12.4 Å². The van der Waals surface area contributed by atoms with Gasteiger partial charge in [0.15, 0.2) is 11.5 Å². The molecule has 1 unspecified atom stereocenters. The molecule has 0 radical (unpaired) electrons. The number of carbonyl (C=O) groups excluding carboxylic acids is 1. The third-order valence-electron chi connectivity index (χ3n) is 4.57. The quantitative estimate of drug-likeness (QED) is 0.817. The van der Waals surface area contributed by atoms with Crippen LogP contribution in [0.4, 0.5) is 5.69 Å². The van der Waals surface area contributed by atoms with Gasteiger partial charge in [-0.05, 0) is 49.2 Å². The Morgan fingerprint density at radius 3 is 2.89 bits per heavy atom. The van der Waals surface area contributed by atoms with Crippen molar-refractivity contribution in [3.05, 3.63) is 48.0 Å². The van der Waals surface area contributed by atoms with E-state index in [4.69, 9.17) is 14.2 Å². The number of nitrogens with one attached hydrogen (secondary N) is 2. The molecule has 2 heterocycles. The van der Waals surface area contributed by atoms with Gasteiger partial charge in [-0.25, -0.2) is 0 Å². The molecule has 0 aromatic heterocycles. The summed E-state index contributed by atoms with van der Waals surface area (Å²) in [5, 5.41) is 6.25. The first kappa shape index (κ1) is 19.3. The highest BCUT2D eigenvalue weighted by Crippen LogP contribution is 2.35. The van der Waals surface area contributed by atoms with Gasteiger partial charge in [-0.1, -0.05) is 18.6 Å². The van der Waals surface area contributed by atoms with Crippen LogP contribution < -0.4 is 24.8 Å². The summed E-state index contributed by atoms with van der Waals surface area (Å²) < 4.78 is 16.5. The SMILES string of the molecule is Cl.O=C(Nc1cccc(COc2ccc3c(c2)OCO3)c1)C1CCCCN1. The number of piperidine rings is 1. The van der Waals surface area contributed by atoms with Gasteiger partial charge in [0, 0.05) is 11.8 Å². The standard InChI is InChI=1S/C20H22N2O4.ClH/c23-20(17-6-1-2-9-21-17)22-15-5-3-4-14(10-15)12-24-16-7-8-18-19(11-16)26-13-25-18;/h3-5,7-8,10-11,17,21H,1-2,6,9,12-13H2,(H,22,23);1H. The topological polar surface area (TPSA) is 68.8 Å². The van der Waals surface area contributed by atoms with E-state index in [2.05, 4.69) is 10.6 Å². The maximum absolute atomic E-state index is 12.3. The smallest absolute Gasteiger partial charge is 0.241 e. The summed E-state index contributed by atoms with van der Waals surface area (Å²) in [5.74, 6) is 2.18. The molecule has 0 spiro atoms. The number of benzene rings is 2. The lowest BCUT2D eigenvalue weighted by molar-refractivity contribution is -0.118. The first-order valence-electron chi connectivity index (χ1n) is 8.93. The van der Waals surface area contributed by atoms with Gasteiger partial charge < -0.3 is 24.8 Å². The minimum Gasteiger partial charge on any atom is -0.489 e. The summed E-state index contributed by atoms with van der Waals surface area (Å²) in [4.78, 5) is 12.3. The first-order valence-corrected chi connectivity index (χ1v) is 8.93. The van der Waals surface area contributed by atoms with Crippen molar-refractivity contribution >= 4 is 24.0 Å². The molecule has 144 valence electrons. The molecule has 2 aromatic rings. The number of ether oxygens (including phenoxy) is 3. The molecule has 0 bridgehead atoms. The highest BCUT2D eigenvalue weighted by Gasteiger charge is 2.20. The second kappa shape index (κ2) is 8.97. The Kier molecular flexibility index (Phi) is 6.42. The minimum absolute atomic E-state index is 0. The number of hydrogen-bond acceptors (Lipinski definition) is 5. The molecule has 0 aliphatic carbocycles. The summed E-state index contributed by atoms with van der Waals surface area (Å²) in [6.45, 7) is 1.56. The molecule has 2 aromatic carbocycles. The van der Waals surface area contributed by atoms with E-state index in [1.54, 1.807) is 0 Å². The number of anilines is 1. The van der Waals surface area contributed by atoms with Crippen molar-refractivity contribution in [1.82, 2.24) is 5.32 Å². The summed E-state index contributed by atoms with van der Waals surface area (Å²) in [6.07, 6.45) is 3.11. The highest BCUT2D eigenvalue weighted by atomic mass is 35.5. The van der Waals surface area contributed by atoms with E-state index < -0.39 is 0 Å². The molecule has 2 N–H and O–H groups in total. The fourth-order valence-corrected chi connectivity index (χ4v) is 3.18. The molecule has 1 saturated heterocycles. The van der Waals surface area contributed by atoms with Gasteiger partial charge in [0.2, 0.25) is 12.7 Å². The maximum atomic E-state index is 12.3. The van der Waals surface area contributed by atoms with Gasteiger partial charge in [0.25, 0.3) is 0 Å². The average Bonchev–Trinajstić information content (AvgIpc) is 3.15. The van der Waals surface area contributed by atoms with Crippen molar-refractivity contribution in [2.45, 2.75) is 31.9 Å². The summed E-state index contributed by atoms with van der Waals surface area (Å²) in [5.41, 5.74) is 1.77. The number of hydrogen-bond donors (Lipinski definition) is 2. The molecule has 2 aliphatic rings. The van der Waals surface area contributed by atoms with E-state index in [1.165, 1.54) is 0 Å². The van der Waals surface area contributed by atoms with E-state index in [9.17, 15) is 4.79 Å². The Balaban J connectivity index is 0.00000210. The monoisotopic (exact) mass is 390 g/mol. The molecule has 0 saturated carbocycles. The van der Waals surface area contributed by atoms with Gasteiger partial charge in [0.05, 0.1) is 6.04 Å². The van der Waals surface area contributed by atoms with Crippen LogP contribution in [0, 0.1) is 0 Å². The third-order valence-corrected chi connectivity index (χ3v) is 4.57. The van der Waals surface area contributed by atoms with E-state index in [0.29, 0.717) is 12.4 Å². The van der Waals surface area contributed by atoms with Crippen molar-refractivity contribution in [3.8, 4) is 17.2 Å². The number of rotatable bonds is 5. The third kappa shape index (κ3) is 4.84. The normalized spacial score (nSPS) is 17.7. The lowest BCUT2D eigenvalue weighted by Gasteiger charge is -2.22. The van der Waals surface area contributed by atoms with Gasteiger partial charge in [-0.15, -0.1) is 12.4 Å². The summed E-state index contributed by atoms with van der Waals surface area (Å²) >= 11 is 0. The fraction of sp³-hybridized carbons (Fsp3) is 0.350. The molecule has 1 atom stereocenters. The molecule has 1 fully saturated rings. The number of carbonyl (C=O) groups is 1. The zero-order chi connectivity index (χ0) is 17.8. The largest absolute Gasteiger partial charge is 0.489 e. The zero-order valence-corrected chi connectivity index (χ0v) is 15.7. The van der Waals surface area contributed by atoms with Crippen molar-refractivity contribution in [3.63, 3.8) is 0 Å². The van der Waals surface area contributed by atoms with Crippen LogP contribution in [0.15, 0.2) is 42.5 Å². The van der Waals surface area contributed by atoms with Crippen molar-refractivity contribution in [2.24, 2.45) is 0 Å². The Morgan fingerprint density at radius 1 is 1.15 bits per heavy atom. The molecule has 27 heavy (non-hydrogen) atoms. The van der Waals surface area contributed by atoms with Crippen LogP contribution in [-0.2, 0) is 11.4 Å². The molecule has 2 aliphatic heterocycles. The van der Waals surface area contributed by atoms with E-state index in [1.807, 2.05) is 42.5 Å². The highest BCUT2D eigenvalue weighted by molar-refractivity contribution is 5.94. The predicted octanol–water partition coefficient (Wildman–Crippen LogP) is 3.50. The molecular weight excluding hydrogens is 368 g/mol. The first-order chi connectivity index (χ1) is 12.8. The lowest BCUT2D eigenvalue weighted by atomic mass is 10.0. The molecule has 4 rings (SSSR count). The predicted molar refractivity (Wildman–Crippen MR) is 105 cm³/mol. The van der Waals surface area contributed by atoms with Crippen LogP contribution in [0.3, 0.4) is 0 Å². The van der Waals surface area contributed by atoms with Gasteiger partial charge in [-0.3, -0.25) is 4.79 Å². The number of halogens is 1. The van der Waals surface area contributed by atoms with E-state index in [-0.39, 0.29) is 31.1 Å². The van der Waals surface area contributed by atoms with Gasteiger partial charge in [0.1, 0.15) is 12.4 Å². The van der Waals surface area contributed by atoms with Crippen LogP contribution in [0.1, 0.15) is 24.8 Å². The van der Waals surface area contributed by atoms with Crippen LogP contribution in [0.5, 0.6) is 17.2 Å². The van der Waals surface area contributed by atoms with Crippen LogP contribution in [0.2, 0.25) is 0 Å². The molecule has 1 amide bonds. The molecule has 7 heteroatoms. The maximum Gasteiger partial charge on any atom is 0.241 e. The fourth-order valence-electron chi connectivity index (χ4n) is 3.18. The number of fused-ring (bicyclic) bond motifs is 1. The van der Waals surface area contributed by atoms with Gasteiger partial charge in [-0.2, -0.15) is 0 Å². The number of amides is 1. The second-order valence-electron chi connectivity index (χ2n) is 6.50.